The Hall–Kier alpha value is -0.570. The third-order valence-corrected chi connectivity index (χ3v) is 4.29. The zero-order valence-corrected chi connectivity index (χ0v) is 9.48. The van der Waals surface area contributed by atoms with Gasteiger partial charge in [-0.05, 0) is 51.6 Å². The van der Waals surface area contributed by atoms with Gasteiger partial charge in [0.05, 0.1) is 5.92 Å². The minimum atomic E-state index is -0.606. The van der Waals surface area contributed by atoms with E-state index in [1.807, 2.05) is 0 Å². The van der Waals surface area contributed by atoms with Crippen molar-refractivity contribution in [1.82, 2.24) is 4.90 Å². The number of carbonyl (C=O) groups is 1. The quantitative estimate of drug-likeness (QED) is 0.776. The molecule has 1 aliphatic heterocycles. The van der Waals surface area contributed by atoms with Crippen molar-refractivity contribution in [3.05, 3.63) is 0 Å². The Balaban J connectivity index is 1.79. The Morgan fingerprint density at radius 1 is 1.27 bits per heavy atom. The van der Waals surface area contributed by atoms with Crippen molar-refractivity contribution in [3.63, 3.8) is 0 Å². The third kappa shape index (κ3) is 2.33. The molecule has 0 aromatic carbocycles. The predicted molar refractivity (Wildman–Crippen MR) is 58.7 cm³/mol. The number of hydrogen-bond donors (Lipinski definition) is 1. The van der Waals surface area contributed by atoms with E-state index in [2.05, 4.69) is 11.8 Å². The first-order chi connectivity index (χ1) is 7.18. The molecule has 1 unspecified atom stereocenters. The predicted octanol–water partition coefficient (Wildman–Crippen LogP) is 1.97. The van der Waals surface area contributed by atoms with Gasteiger partial charge in [-0.3, -0.25) is 4.79 Å². The van der Waals surface area contributed by atoms with Crippen molar-refractivity contribution in [2.45, 2.75) is 45.1 Å². The Morgan fingerprint density at radius 3 is 2.27 bits per heavy atom. The molecule has 3 nitrogen and oxygen atoms in total. The largest absolute Gasteiger partial charge is 0.481 e. The third-order valence-electron chi connectivity index (χ3n) is 4.29. The molecule has 1 heterocycles. The second kappa shape index (κ2) is 4.52. The fraction of sp³-hybridized carbons (Fsp3) is 0.917. The zero-order valence-electron chi connectivity index (χ0n) is 9.48. The summed E-state index contributed by atoms with van der Waals surface area (Å²) in [6.07, 6.45) is 5.82. The van der Waals surface area contributed by atoms with Crippen LogP contribution in [0.15, 0.2) is 0 Å². The van der Waals surface area contributed by atoms with E-state index in [1.165, 1.54) is 19.3 Å². The molecule has 1 saturated carbocycles. The monoisotopic (exact) mass is 211 g/mol. The molecule has 1 atom stereocenters. The van der Waals surface area contributed by atoms with Crippen LogP contribution in [0, 0.1) is 11.8 Å². The lowest BCUT2D eigenvalue weighted by Crippen LogP contribution is -2.46. The number of likely N-dealkylation sites (tertiary alicyclic amines) is 1. The molecule has 1 N–H and O–H groups in total. The maximum atomic E-state index is 10.8. The molecule has 0 spiro atoms. The van der Waals surface area contributed by atoms with Crippen molar-refractivity contribution in [1.29, 1.82) is 0 Å². The number of aliphatic carboxylic acids is 1. The Morgan fingerprint density at radius 2 is 1.87 bits per heavy atom. The summed E-state index contributed by atoms with van der Waals surface area (Å²) in [5.41, 5.74) is 0. The van der Waals surface area contributed by atoms with Crippen LogP contribution in [-0.2, 0) is 4.79 Å². The van der Waals surface area contributed by atoms with Crippen LogP contribution in [0.25, 0.3) is 0 Å². The van der Waals surface area contributed by atoms with Gasteiger partial charge in [-0.15, -0.1) is 0 Å². The fourth-order valence-electron chi connectivity index (χ4n) is 2.77. The first-order valence-corrected chi connectivity index (χ1v) is 6.15. The van der Waals surface area contributed by atoms with Gasteiger partial charge < -0.3 is 10.0 Å². The van der Waals surface area contributed by atoms with Gasteiger partial charge in [0.15, 0.2) is 0 Å². The van der Waals surface area contributed by atoms with Crippen molar-refractivity contribution < 1.29 is 9.90 Å². The second-order valence-corrected chi connectivity index (χ2v) is 5.08. The zero-order chi connectivity index (χ0) is 10.8. The summed E-state index contributed by atoms with van der Waals surface area (Å²) in [5, 5.41) is 8.91. The number of rotatable bonds is 3. The lowest BCUT2D eigenvalue weighted by atomic mass is 9.79. The molecule has 1 aliphatic carbocycles. The summed E-state index contributed by atoms with van der Waals surface area (Å²) >= 11 is 0. The van der Waals surface area contributed by atoms with Crippen LogP contribution in [0.1, 0.15) is 39.0 Å². The molecule has 86 valence electrons. The smallest absolute Gasteiger partial charge is 0.306 e. The van der Waals surface area contributed by atoms with E-state index in [-0.39, 0.29) is 5.92 Å². The minimum Gasteiger partial charge on any atom is -0.481 e. The van der Waals surface area contributed by atoms with Gasteiger partial charge in [0, 0.05) is 6.04 Å². The molecule has 0 radical (unpaired) electrons. The van der Waals surface area contributed by atoms with Gasteiger partial charge in [0.2, 0.25) is 0 Å². The molecule has 2 aliphatic rings. The van der Waals surface area contributed by atoms with Crippen molar-refractivity contribution >= 4 is 5.97 Å². The van der Waals surface area contributed by atoms with E-state index in [1.54, 1.807) is 0 Å². The van der Waals surface area contributed by atoms with Crippen LogP contribution in [0.5, 0.6) is 0 Å². The van der Waals surface area contributed by atoms with Crippen LogP contribution in [0.3, 0.4) is 0 Å². The van der Waals surface area contributed by atoms with Gasteiger partial charge in [0.25, 0.3) is 0 Å². The molecule has 0 aromatic heterocycles. The Kier molecular flexibility index (Phi) is 3.29. The summed E-state index contributed by atoms with van der Waals surface area (Å²) in [6.45, 7) is 4.27. The van der Waals surface area contributed by atoms with Gasteiger partial charge in [0.1, 0.15) is 0 Å². The van der Waals surface area contributed by atoms with Crippen molar-refractivity contribution in [3.8, 4) is 0 Å². The standard InChI is InChI=1S/C12H21NO2/c1-9(10-3-2-4-10)13-7-5-11(6-8-13)12(14)15/h9-11H,2-8H2,1H3,(H,14,15). The highest BCUT2D eigenvalue weighted by molar-refractivity contribution is 5.70. The number of nitrogens with zero attached hydrogens (tertiary/aromatic N) is 1. The first kappa shape index (κ1) is 10.9. The van der Waals surface area contributed by atoms with Crippen LogP contribution in [0.2, 0.25) is 0 Å². The molecule has 1 saturated heterocycles. The molecule has 2 rings (SSSR count). The summed E-state index contributed by atoms with van der Waals surface area (Å²) < 4.78 is 0. The molecular weight excluding hydrogens is 190 g/mol. The van der Waals surface area contributed by atoms with Gasteiger partial charge in [-0.25, -0.2) is 0 Å². The molecule has 0 aromatic rings. The lowest BCUT2D eigenvalue weighted by Gasteiger charge is -2.42. The molecule has 15 heavy (non-hydrogen) atoms. The maximum absolute atomic E-state index is 10.8. The number of hydrogen-bond acceptors (Lipinski definition) is 2. The summed E-state index contributed by atoms with van der Waals surface area (Å²) in [4.78, 5) is 13.3. The summed E-state index contributed by atoms with van der Waals surface area (Å²) in [6, 6.07) is 0.675. The normalized spacial score (nSPS) is 27.3. The van der Waals surface area contributed by atoms with E-state index < -0.39 is 5.97 Å². The first-order valence-electron chi connectivity index (χ1n) is 6.15. The summed E-state index contributed by atoms with van der Waals surface area (Å²) in [7, 11) is 0. The molecule has 3 heteroatoms. The molecule has 2 fully saturated rings. The van der Waals surface area contributed by atoms with Crippen LogP contribution >= 0.6 is 0 Å². The number of carboxylic acid groups (broad SMARTS) is 1. The molecule has 0 bridgehead atoms. The van der Waals surface area contributed by atoms with E-state index in [0.717, 1.165) is 31.8 Å². The van der Waals surface area contributed by atoms with Crippen LogP contribution in [-0.4, -0.2) is 35.1 Å². The van der Waals surface area contributed by atoms with Crippen molar-refractivity contribution in [2.75, 3.05) is 13.1 Å². The van der Waals surface area contributed by atoms with Gasteiger partial charge >= 0.3 is 5.97 Å². The van der Waals surface area contributed by atoms with Gasteiger partial charge in [-0.1, -0.05) is 6.42 Å². The maximum Gasteiger partial charge on any atom is 0.306 e. The van der Waals surface area contributed by atoms with Gasteiger partial charge in [-0.2, -0.15) is 0 Å². The highest BCUT2D eigenvalue weighted by Crippen LogP contribution is 2.33. The van der Waals surface area contributed by atoms with E-state index in [4.69, 9.17) is 5.11 Å². The second-order valence-electron chi connectivity index (χ2n) is 5.08. The van der Waals surface area contributed by atoms with Crippen LogP contribution in [0.4, 0.5) is 0 Å². The topological polar surface area (TPSA) is 40.5 Å². The Labute approximate surface area is 91.5 Å². The fourth-order valence-corrected chi connectivity index (χ4v) is 2.77. The highest BCUT2D eigenvalue weighted by Gasteiger charge is 2.32. The number of carboxylic acids is 1. The van der Waals surface area contributed by atoms with E-state index in [0.29, 0.717) is 6.04 Å². The lowest BCUT2D eigenvalue weighted by molar-refractivity contribution is -0.143. The SMILES string of the molecule is CC(C1CCC1)N1CCC(C(=O)O)CC1. The number of piperidine rings is 1. The van der Waals surface area contributed by atoms with E-state index >= 15 is 0 Å². The van der Waals surface area contributed by atoms with E-state index in [9.17, 15) is 4.79 Å². The molecular formula is C12H21NO2. The van der Waals surface area contributed by atoms with Crippen molar-refractivity contribution in [2.24, 2.45) is 11.8 Å². The Bertz CT molecular complexity index is 230. The minimum absolute atomic E-state index is 0.0881. The average Bonchev–Trinajstić information content (AvgIpc) is 2.15. The molecule has 0 amide bonds. The average molecular weight is 211 g/mol. The van der Waals surface area contributed by atoms with Crippen LogP contribution < -0.4 is 0 Å². The summed E-state index contributed by atoms with van der Waals surface area (Å²) in [5.74, 6) is 0.187. The highest BCUT2D eigenvalue weighted by atomic mass is 16.4.